The number of benzene rings is 4. The number of nitrogens with two attached hydrogens (primary N) is 1. The van der Waals surface area contributed by atoms with Crippen molar-refractivity contribution in [1.29, 1.82) is 0 Å². The highest BCUT2D eigenvalue weighted by Gasteiger charge is 2.52. The first-order chi connectivity index (χ1) is 32.5. The van der Waals surface area contributed by atoms with Gasteiger partial charge in [0.05, 0.1) is 30.9 Å². The summed E-state index contributed by atoms with van der Waals surface area (Å²) in [5.41, 5.74) is 19.6. The number of carbonyl (C=O) groups is 1. The van der Waals surface area contributed by atoms with E-state index in [1.807, 2.05) is 19.2 Å². The van der Waals surface area contributed by atoms with Crippen LogP contribution in [0.25, 0.3) is 17.2 Å². The van der Waals surface area contributed by atoms with Crippen LogP contribution in [0.15, 0.2) is 83.6 Å². The van der Waals surface area contributed by atoms with Crippen LogP contribution in [0, 0.1) is 23.7 Å². The monoisotopic (exact) mass is 902 g/mol. The molecule has 0 aromatic heterocycles. The van der Waals surface area contributed by atoms with Gasteiger partial charge in [-0.1, -0.05) is 61.4 Å². The molecular formula is C56H62N4O7. The Balaban J connectivity index is 1.24. The second-order valence-electron chi connectivity index (χ2n) is 19.1. The Labute approximate surface area is 393 Å². The van der Waals surface area contributed by atoms with Gasteiger partial charge in [0.2, 0.25) is 0 Å². The minimum atomic E-state index is -0.635. The number of phenolic OH excluding ortho intramolecular Hbond substituents is 2. The largest absolute Gasteiger partial charge is 0.508 e. The Hall–Kier alpha value is -6.35. The molecule has 0 radical (unpaired) electrons. The summed E-state index contributed by atoms with van der Waals surface area (Å²) in [6, 6.07) is 18.2. The van der Waals surface area contributed by atoms with Gasteiger partial charge < -0.3 is 50.8 Å². The normalized spacial score (nSPS) is 25.1. The quantitative estimate of drug-likeness (QED) is 0.0668. The van der Waals surface area contributed by atoms with Crippen LogP contribution in [-0.2, 0) is 34.2 Å². The standard InChI is InChI=1S/C56H62N4O7/c1-6-32-24-43-39(17-15-33-11-8-9-13-45(33)59-7-2)35-21-22-56(27-35)28-36-23-38(62)26-48(64-5)49(36)41-20-19-40-44(30-65-31(3)61)53(67-54(40)51(41)56)50-34(12-10-14-46(43)60-55(32)57)25-47(63)52-42(50)18-16-37(58-4)29-66-52/h8-9,11,13,16,18-20,23-26,35,37,39,44,53,55,58-60,62-63H,6-7,12,15,17,21-22,27-30,57H2,1-5H3/t35-,37+,39-,44-,53-,55?,56+/m0/s1. The molecule has 0 saturated heterocycles. The highest BCUT2D eigenvalue weighted by Crippen LogP contribution is 2.64. The molecule has 7 N–H and O–H groups in total. The number of hydrogen-bond acceptors (Lipinski definition) is 11. The van der Waals surface area contributed by atoms with Gasteiger partial charge in [0.25, 0.3) is 0 Å². The average Bonchev–Trinajstić information content (AvgIpc) is 3.82. The number of rotatable bonds is 10. The van der Waals surface area contributed by atoms with E-state index in [2.05, 4.69) is 90.2 Å². The molecule has 11 heteroatoms. The lowest BCUT2D eigenvalue weighted by Crippen LogP contribution is -2.42. The van der Waals surface area contributed by atoms with Crippen LogP contribution >= 0.6 is 0 Å². The first-order valence-electron chi connectivity index (χ1n) is 24.1. The number of nitrogens with one attached hydrogen (secondary N) is 3. The maximum Gasteiger partial charge on any atom is 0.302 e. The highest BCUT2D eigenvalue weighted by atomic mass is 16.5. The number of para-hydroxylation sites is 1. The van der Waals surface area contributed by atoms with E-state index in [0.29, 0.717) is 30.1 Å². The summed E-state index contributed by atoms with van der Waals surface area (Å²) in [5, 5.41) is 33.5. The molecule has 1 fully saturated rings. The molecule has 0 amide bonds. The molecule has 4 heterocycles. The van der Waals surface area contributed by atoms with E-state index >= 15 is 0 Å². The maximum atomic E-state index is 12.7. The summed E-state index contributed by atoms with van der Waals surface area (Å²) in [6.07, 6.45) is 11.6. The summed E-state index contributed by atoms with van der Waals surface area (Å²) in [6.45, 7) is 6.97. The zero-order chi connectivity index (χ0) is 46.6. The van der Waals surface area contributed by atoms with E-state index in [-0.39, 0.29) is 54.5 Å². The highest BCUT2D eigenvalue weighted by molar-refractivity contribution is 5.84. The summed E-state index contributed by atoms with van der Waals surface area (Å²) < 4.78 is 26.0. The molecule has 2 aliphatic carbocycles. The fourth-order valence-electron chi connectivity index (χ4n) is 12.2. The fraction of sp³-hybridized carbons (Fsp3) is 0.411. The number of dihydropyridines is 1. The fourth-order valence-corrected chi connectivity index (χ4v) is 12.2. The predicted octanol–water partition coefficient (Wildman–Crippen LogP) is 8.86. The van der Waals surface area contributed by atoms with Gasteiger partial charge in [-0.25, -0.2) is 0 Å². The van der Waals surface area contributed by atoms with Gasteiger partial charge in [-0.2, -0.15) is 0 Å². The third-order valence-corrected chi connectivity index (χ3v) is 15.3. The number of aromatic hydroxyl groups is 2. The Morgan fingerprint density at radius 1 is 1.07 bits per heavy atom. The number of likely N-dealkylation sites (N-methyl/N-ethyl adjacent to an activating group) is 1. The minimum Gasteiger partial charge on any atom is -0.508 e. The second kappa shape index (κ2) is 18.0. The third-order valence-electron chi connectivity index (χ3n) is 15.3. The molecule has 348 valence electrons. The smallest absolute Gasteiger partial charge is 0.302 e. The molecule has 1 spiro atoms. The van der Waals surface area contributed by atoms with Gasteiger partial charge in [-0.15, -0.1) is 0 Å². The van der Waals surface area contributed by atoms with Gasteiger partial charge in [-0.05, 0) is 128 Å². The lowest BCUT2D eigenvalue weighted by molar-refractivity contribution is -0.141. The number of fused-ring (bicyclic) bond motifs is 8. The molecule has 1 unspecified atom stereocenters. The molecule has 67 heavy (non-hydrogen) atoms. The first kappa shape index (κ1) is 44.5. The van der Waals surface area contributed by atoms with Crippen LogP contribution in [0.2, 0.25) is 0 Å². The number of hydrogen-bond donors (Lipinski definition) is 6. The Bertz CT molecular complexity index is 2800. The van der Waals surface area contributed by atoms with Gasteiger partial charge in [0.15, 0.2) is 11.5 Å². The van der Waals surface area contributed by atoms with E-state index in [4.69, 9.17) is 24.7 Å². The number of allylic oxidation sites excluding steroid dienone is 3. The lowest BCUT2D eigenvalue weighted by atomic mass is 9.64. The number of phenols is 2. The van der Waals surface area contributed by atoms with Crippen molar-refractivity contribution in [3.63, 3.8) is 0 Å². The Kier molecular flexibility index (Phi) is 12.0. The molecular weight excluding hydrogens is 841 g/mol. The van der Waals surface area contributed by atoms with Crippen LogP contribution in [0.1, 0.15) is 104 Å². The number of esters is 1. The van der Waals surface area contributed by atoms with E-state index in [0.717, 1.165) is 107 Å². The van der Waals surface area contributed by atoms with E-state index in [1.54, 1.807) is 19.2 Å². The zero-order valence-electron chi connectivity index (χ0n) is 39.2. The van der Waals surface area contributed by atoms with Crippen LogP contribution in [0.4, 0.5) is 5.69 Å². The van der Waals surface area contributed by atoms with Crippen molar-refractivity contribution in [3.05, 3.63) is 123 Å². The number of anilines is 1. The van der Waals surface area contributed by atoms with Crippen LogP contribution in [0.3, 0.4) is 0 Å². The molecule has 10 rings (SSSR count). The molecule has 4 aromatic rings. The first-order valence-corrected chi connectivity index (χ1v) is 24.1. The van der Waals surface area contributed by atoms with Crippen molar-refractivity contribution in [2.45, 2.75) is 102 Å². The molecule has 4 aliphatic heterocycles. The van der Waals surface area contributed by atoms with Gasteiger partial charge >= 0.3 is 5.97 Å². The summed E-state index contributed by atoms with van der Waals surface area (Å²) in [4.78, 5) is 12.7. The summed E-state index contributed by atoms with van der Waals surface area (Å²) in [5.74, 6) is 8.75. The van der Waals surface area contributed by atoms with Crippen LogP contribution < -0.4 is 35.9 Å². The summed E-state index contributed by atoms with van der Waals surface area (Å²) >= 11 is 0. The van der Waals surface area contributed by atoms with Crippen molar-refractivity contribution < 1.29 is 34.0 Å². The van der Waals surface area contributed by atoms with Crippen molar-refractivity contribution >= 4 is 17.7 Å². The van der Waals surface area contributed by atoms with Gasteiger partial charge in [-0.3, -0.25) is 4.79 Å². The minimum absolute atomic E-state index is 0.0219. The lowest BCUT2D eigenvalue weighted by Gasteiger charge is -2.40. The van der Waals surface area contributed by atoms with Crippen molar-refractivity contribution in [2.24, 2.45) is 17.6 Å². The zero-order valence-corrected chi connectivity index (χ0v) is 39.2. The SMILES string of the molecule is CCNc1ccccc1CC[C@@H]1C2=C(C#CCc3cc(O)c4c(c3[C@H]3Oc5c(ccc6c5[C@@]5(CC[C@H]1C5)Cc1cc(O)cc(OC)c1-6)[C@@H]3COC(C)=O)C=C[C@@H](NC)CO4)NC(N)C(CC)=C2. The van der Waals surface area contributed by atoms with Gasteiger partial charge in [0.1, 0.15) is 36.6 Å². The number of ether oxygens (including phenoxy) is 4. The van der Waals surface area contributed by atoms with Crippen LogP contribution in [0.5, 0.6) is 28.7 Å². The Morgan fingerprint density at radius 2 is 1.93 bits per heavy atom. The third kappa shape index (κ3) is 7.88. The van der Waals surface area contributed by atoms with E-state index < -0.39 is 17.4 Å². The van der Waals surface area contributed by atoms with E-state index in [1.165, 1.54) is 18.1 Å². The summed E-state index contributed by atoms with van der Waals surface area (Å²) in [7, 11) is 3.54. The Morgan fingerprint density at radius 3 is 2.72 bits per heavy atom. The van der Waals surface area contributed by atoms with E-state index in [9.17, 15) is 15.0 Å². The topological polar surface area (TPSA) is 157 Å². The van der Waals surface area contributed by atoms with Crippen molar-refractivity contribution in [2.75, 3.05) is 39.2 Å². The van der Waals surface area contributed by atoms with Crippen LogP contribution in [-0.4, -0.2) is 62.3 Å². The molecule has 4 aromatic carbocycles. The molecule has 1 saturated carbocycles. The molecule has 6 aliphatic rings. The van der Waals surface area contributed by atoms with Crippen molar-refractivity contribution in [1.82, 2.24) is 10.6 Å². The average molecular weight is 903 g/mol. The number of methoxy groups -OCH3 is 1. The molecule has 11 nitrogen and oxygen atoms in total. The number of carbonyl (C=O) groups excluding carboxylic acids is 1. The van der Waals surface area contributed by atoms with Crippen molar-refractivity contribution in [3.8, 4) is 51.7 Å². The molecule has 4 bridgehead atoms. The predicted molar refractivity (Wildman–Crippen MR) is 261 cm³/mol. The molecule has 7 atom stereocenters. The van der Waals surface area contributed by atoms with Gasteiger partial charge in [0, 0.05) is 64.9 Å². The number of aryl methyl sites for hydroxylation is 1. The second-order valence-corrected chi connectivity index (χ2v) is 19.1. The maximum absolute atomic E-state index is 12.7.